The number of ether oxygens (including phenoxy) is 5. The number of halogens is 7. The molecule has 7 nitrogen and oxygen atoms in total. The van der Waals surface area contributed by atoms with E-state index in [1.54, 1.807) is 103 Å². The predicted molar refractivity (Wildman–Crippen MR) is 226 cm³/mol. The van der Waals surface area contributed by atoms with Crippen LogP contribution in [0.1, 0.15) is 27.7 Å². The van der Waals surface area contributed by atoms with Gasteiger partial charge in [-0.3, -0.25) is 13.6 Å². The topological polar surface area (TPSA) is 75.6 Å². The predicted octanol–water partition coefficient (Wildman–Crippen LogP) is 5.53. The molecule has 0 rings (SSSR count). The maximum absolute atomic E-state index is 11.2. The molecule has 0 aliphatic rings. The van der Waals surface area contributed by atoms with Crippen LogP contribution < -0.4 is 0 Å². The van der Waals surface area contributed by atoms with Crippen LogP contribution in [0.15, 0.2) is 4.30 Å². The zero-order valence-electron chi connectivity index (χ0n) is 26.4. The van der Waals surface area contributed by atoms with Gasteiger partial charge in [0.15, 0.2) is 11.9 Å². The normalized spacial score (nSPS) is 7.79. The second-order valence-electron chi connectivity index (χ2n) is 4.75. The minimum absolute atomic E-state index is 0.245. The molecule has 0 fully saturated rings. The van der Waals surface area contributed by atoms with Gasteiger partial charge in [0.25, 0.3) is 0 Å². The SMILES string of the molecule is CF.CF.COC(C)(F)F.COC(C)(F)F.COC(C)=O.COC(C)=S.COCF.S=S=S=S=S=S=S=S=S=S=S=S=S=S.[B]=NS. The third kappa shape index (κ3) is 176. The molecule has 31 heteroatoms. The Bertz CT molecular complexity index is 1120. The first-order chi connectivity index (χ1) is 21.9. The van der Waals surface area contributed by atoms with Gasteiger partial charge in [0.1, 0.15) is 0 Å². The molecule has 0 unspecified atom stereocenters. The molecule has 289 valence electrons. The average Bonchev–Trinajstić information content (AvgIpc) is 3.04. The van der Waals surface area contributed by atoms with Crippen molar-refractivity contribution in [3.63, 3.8) is 0 Å². The molecule has 0 atom stereocenters. The Hall–Kier alpha value is 2.04. The summed E-state index contributed by atoms with van der Waals surface area (Å²) in [7, 11) is 31.4. The summed E-state index contributed by atoms with van der Waals surface area (Å²) in [5.41, 5.74) is 0. The summed E-state index contributed by atoms with van der Waals surface area (Å²) in [5, 5.41) is 0.588. The third-order valence-electron chi connectivity index (χ3n) is 1.71. The third-order valence-corrected chi connectivity index (χ3v) is 26.3. The first kappa shape index (κ1) is 70.6. The van der Waals surface area contributed by atoms with Crippen molar-refractivity contribution >= 4 is 173 Å². The monoisotopic (exact) mass is 994 g/mol. The average molecular weight is 995 g/mol. The molecule has 0 aromatic carbocycles. The minimum atomic E-state index is -2.96. The van der Waals surface area contributed by atoms with Gasteiger partial charge in [0.2, 0.25) is 0 Å². The zero-order valence-corrected chi connectivity index (χ0v) is 39.5. The van der Waals surface area contributed by atoms with Gasteiger partial charge in [-0.1, -0.05) is 0 Å². The molecular formula is C16H36BF7NO6S16. The zero-order chi connectivity index (χ0) is 39.6. The van der Waals surface area contributed by atoms with Crippen molar-refractivity contribution in [2.75, 3.05) is 56.8 Å². The van der Waals surface area contributed by atoms with Crippen molar-refractivity contribution in [1.29, 1.82) is 0 Å². The second-order valence-corrected chi connectivity index (χ2v) is 26.8. The van der Waals surface area contributed by atoms with E-state index in [0.29, 0.717) is 33.3 Å². The first-order valence-corrected chi connectivity index (χ1v) is 28.1. The number of methoxy groups -OCH3 is 5. The molecule has 0 bridgehead atoms. The molecule has 1 radical (unpaired) electrons. The second kappa shape index (κ2) is 69.7. The number of hydrogen-bond donors (Lipinski definition) is 1. The van der Waals surface area contributed by atoms with Gasteiger partial charge in [-0.05, 0) is 12.2 Å². The van der Waals surface area contributed by atoms with E-state index in [1.807, 2.05) is 0 Å². The number of rotatable bonds is 3. The van der Waals surface area contributed by atoms with Crippen LogP contribution >= 0.6 is 25.0 Å². The Morgan fingerprint density at radius 3 is 0.915 bits per heavy atom. The van der Waals surface area contributed by atoms with Gasteiger partial charge in [-0.25, -0.2) is 4.39 Å². The van der Waals surface area contributed by atoms with E-state index in [9.17, 15) is 35.5 Å². The van der Waals surface area contributed by atoms with Crippen LogP contribution in [0.2, 0.25) is 0 Å². The fourth-order valence-corrected chi connectivity index (χ4v) is 27.6. The molecule has 0 saturated heterocycles. The molecular weight excluding hydrogens is 959 g/mol. The number of thiol groups is 1. The molecule has 0 N–H and O–H groups in total. The van der Waals surface area contributed by atoms with E-state index >= 15 is 0 Å². The van der Waals surface area contributed by atoms with Gasteiger partial charge in [-0.2, -0.15) is 17.6 Å². The molecule has 0 heterocycles. The number of thiocarbonyl (C=S) groups is 1. The summed E-state index contributed by atoms with van der Waals surface area (Å²) in [6.45, 7) is 3.79. The Balaban J connectivity index is -0.0000000536. The molecule has 47 heavy (non-hydrogen) atoms. The standard InChI is InChI=1S/2C3H6F2O.C3H6O2.C3H6OS.C2H5FO.2CH3F.BHNS.S14/c2*1-3(4,5)6-2;1-3(4)5-2;1-3(5)4-2;1-4-2-3;2*1-2;1-2-3;1-3-5-7-9-11-13-14-12-10-8-6-4-2/h2*1-2H3;2*1-2H3;2H2,1H3;2*1H3;3H;. The van der Waals surface area contributed by atoms with E-state index in [2.05, 4.69) is 60.7 Å². The summed E-state index contributed by atoms with van der Waals surface area (Å²) in [6, 6.07) is 0. The van der Waals surface area contributed by atoms with Crippen LogP contribution in [0.3, 0.4) is 0 Å². The molecule has 0 amide bonds. The van der Waals surface area contributed by atoms with Crippen LogP contribution in [0, 0.1) is 0 Å². The molecule has 0 aromatic rings. The fraction of sp³-hybridized carbons (Fsp3) is 0.875. The number of esters is 1. The van der Waals surface area contributed by atoms with E-state index in [1.165, 1.54) is 38.9 Å². The van der Waals surface area contributed by atoms with Crippen molar-refractivity contribution in [2.45, 2.75) is 39.9 Å². The van der Waals surface area contributed by atoms with E-state index in [-0.39, 0.29) is 5.97 Å². The van der Waals surface area contributed by atoms with Crippen molar-refractivity contribution < 1.29 is 59.2 Å². The van der Waals surface area contributed by atoms with Crippen molar-refractivity contribution in [3.05, 3.63) is 0 Å². The number of alkyl halides is 7. The maximum atomic E-state index is 11.2. The number of nitrogens with zero attached hydrogens (tertiary/aromatic N) is 1. The van der Waals surface area contributed by atoms with Crippen LogP contribution in [-0.4, -0.2) is 87.6 Å². The Morgan fingerprint density at radius 2 is 0.851 bits per heavy atom. The summed E-state index contributed by atoms with van der Waals surface area (Å²) < 4.78 is 96.8. The Morgan fingerprint density at radius 1 is 0.702 bits per heavy atom. The molecule has 0 aliphatic heterocycles. The van der Waals surface area contributed by atoms with Gasteiger partial charge >= 0.3 is 42.9 Å². The molecule has 0 aliphatic carbocycles. The Labute approximate surface area is 329 Å². The van der Waals surface area contributed by atoms with E-state index < -0.39 is 19.1 Å². The molecule has 0 aromatic heterocycles. The number of carbonyl (C=O) groups is 1. The van der Waals surface area contributed by atoms with Crippen LogP contribution in [0.25, 0.3) is 0 Å². The van der Waals surface area contributed by atoms with Crippen LogP contribution in [0.4, 0.5) is 30.7 Å². The number of hydrogen-bond acceptors (Lipinski definition) is 11. The van der Waals surface area contributed by atoms with E-state index in [0.717, 1.165) is 14.2 Å². The van der Waals surface area contributed by atoms with Crippen molar-refractivity contribution in [3.8, 4) is 0 Å². The van der Waals surface area contributed by atoms with Crippen LogP contribution in [0.5, 0.6) is 0 Å². The van der Waals surface area contributed by atoms with Gasteiger partial charge in [-0.15, -0.1) is 0 Å². The van der Waals surface area contributed by atoms with Crippen molar-refractivity contribution in [2.24, 2.45) is 4.30 Å². The summed E-state index contributed by atoms with van der Waals surface area (Å²) in [4.78, 5) is 9.59. The number of carbonyl (C=O) groups excluding carboxylic acids is 1. The summed E-state index contributed by atoms with van der Waals surface area (Å²) >= 11 is 17.1. The van der Waals surface area contributed by atoms with Gasteiger partial charge < -0.3 is 23.7 Å². The quantitative estimate of drug-likeness (QED) is 0.129. The first-order valence-electron chi connectivity index (χ1n) is 9.96. The van der Waals surface area contributed by atoms with Crippen LogP contribution in [-0.2, 0) is 157 Å². The molecule has 0 spiro atoms. The van der Waals surface area contributed by atoms with Gasteiger partial charge in [0.05, 0.1) is 28.6 Å². The molecule has 0 saturated carbocycles. The summed E-state index contributed by atoms with van der Waals surface area (Å²) in [5.74, 6) is -0.245. The van der Waals surface area contributed by atoms with E-state index in [4.69, 9.17) is 22.4 Å². The van der Waals surface area contributed by atoms with Crippen molar-refractivity contribution in [1.82, 2.24) is 0 Å². The Kier molecular flexibility index (Phi) is 105. The fourth-order valence-electron chi connectivity index (χ4n) is 0.113. The van der Waals surface area contributed by atoms with Gasteiger partial charge in [0, 0.05) is 178 Å². The summed E-state index contributed by atoms with van der Waals surface area (Å²) in [6.07, 6.45) is -5.92.